The molecule has 0 unspecified atom stereocenters. The first-order valence-electron chi connectivity index (χ1n) is 7.35. The topological polar surface area (TPSA) is 64.7 Å². The van der Waals surface area contributed by atoms with Crippen LogP contribution >= 0.6 is 0 Å². The van der Waals surface area contributed by atoms with Crippen molar-refractivity contribution in [1.82, 2.24) is 5.16 Å². The molecule has 2 aromatic carbocycles. The molecule has 0 fully saturated rings. The fourth-order valence-corrected chi connectivity index (χ4v) is 2.58. The number of nitrogens with zero attached hydrogens (tertiary/aromatic N) is 1. The number of methoxy groups -OCH3 is 2. The minimum atomic E-state index is -0.754. The van der Waals surface area contributed by atoms with Gasteiger partial charge in [-0.2, -0.15) is 0 Å². The van der Waals surface area contributed by atoms with E-state index in [4.69, 9.17) is 14.0 Å². The molecular formula is C18H15F2NO4. The average molecular weight is 347 g/mol. The fourth-order valence-electron chi connectivity index (χ4n) is 2.58. The van der Waals surface area contributed by atoms with E-state index in [1.807, 2.05) is 0 Å². The Bertz CT molecular complexity index is 888. The highest BCUT2D eigenvalue weighted by molar-refractivity contribution is 5.77. The predicted octanol–water partition coefficient (Wildman–Crippen LogP) is 3.80. The highest BCUT2D eigenvalue weighted by Gasteiger charge is 2.22. The van der Waals surface area contributed by atoms with Crippen LogP contribution in [-0.2, 0) is 6.61 Å². The molecule has 0 amide bonds. The van der Waals surface area contributed by atoms with Gasteiger partial charge in [-0.3, -0.25) is 0 Å². The third kappa shape index (κ3) is 3.18. The third-order valence-electron chi connectivity index (χ3n) is 3.73. The molecule has 0 saturated heterocycles. The number of benzene rings is 2. The average Bonchev–Trinajstić information content (AvgIpc) is 3.04. The second-order valence-electron chi connectivity index (χ2n) is 5.22. The smallest absolute Gasteiger partial charge is 0.173 e. The molecule has 3 rings (SSSR count). The number of rotatable bonds is 5. The molecule has 5 nitrogen and oxygen atoms in total. The van der Waals surface area contributed by atoms with E-state index in [2.05, 4.69) is 5.16 Å². The molecule has 1 aromatic heterocycles. The van der Waals surface area contributed by atoms with Crippen molar-refractivity contribution >= 4 is 0 Å². The van der Waals surface area contributed by atoms with Crippen LogP contribution in [0.5, 0.6) is 11.5 Å². The maximum atomic E-state index is 13.5. The van der Waals surface area contributed by atoms with E-state index in [9.17, 15) is 13.9 Å². The largest absolute Gasteiger partial charge is 0.497 e. The van der Waals surface area contributed by atoms with Gasteiger partial charge in [0.15, 0.2) is 5.76 Å². The van der Waals surface area contributed by atoms with Crippen molar-refractivity contribution in [3.8, 4) is 34.1 Å². The summed E-state index contributed by atoms with van der Waals surface area (Å²) in [7, 11) is 3.01. The van der Waals surface area contributed by atoms with Gasteiger partial charge in [0.2, 0.25) is 0 Å². The predicted molar refractivity (Wildman–Crippen MR) is 86.3 cm³/mol. The second-order valence-corrected chi connectivity index (χ2v) is 5.22. The van der Waals surface area contributed by atoms with Gasteiger partial charge < -0.3 is 19.1 Å². The monoisotopic (exact) mass is 347 g/mol. The molecule has 0 aliphatic heterocycles. The van der Waals surface area contributed by atoms with E-state index in [0.29, 0.717) is 22.8 Å². The fraction of sp³-hybridized carbons (Fsp3) is 0.167. The first-order valence-corrected chi connectivity index (χ1v) is 7.35. The Labute approximate surface area is 142 Å². The number of hydrogen-bond donors (Lipinski definition) is 1. The molecule has 0 atom stereocenters. The van der Waals surface area contributed by atoms with Crippen molar-refractivity contribution in [1.29, 1.82) is 0 Å². The van der Waals surface area contributed by atoms with Crippen LogP contribution in [0.4, 0.5) is 8.78 Å². The zero-order valence-electron chi connectivity index (χ0n) is 13.5. The SMILES string of the molecule is COc1ccc(OC)c(-c2noc(-c3cc(F)cc(F)c3)c2CO)c1. The van der Waals surface area contributed by atoms with E-state index in [0.717, 1.165) is 18.2 Å². The zero-order chi connectivity index (χ0) is 18.0. The molecule has 0 saturated carbocycles. The van der Waals surface area contributed by atoms with Crippen LogP contribution in [0.15, 0.2) is 40.9 Å². The van der Waals surface area contributed by atoms with Crippen LogP contribution in [0.3, 0.4) is 0 Å². The van der Waals surface area contributed by atoms with Gasteiger partial charge in [0.1, 0.15) is 28.8 Å². The lowest BCUT2D eigenvalue weighted by Crippen LogP contribution is -1.94. The van der Waals surface area contributed by atoms with Gasteiger partial charge in [0.05, 0.1) is 26.4 Å². The van der Waals surface area contributed by atoms with Crippen LogP contribution in [0.2, 0.25) is 0 Å². The first-order chi connectivity index (χ1) is 12.1. The number of aliphatic hydroxyl groups excluding tert-OH is 1. The summed E-state index contributed by atoms with van der Waals surface area (Å²) in [6.07, 6.45) is 0. The summed E-state index contributed by atoms with van der Waals surface area (Å²) in [5, 5.41) is 13.7. The summed E-state index contributed by atoms with van der Waals surface area (Å²) in [5.41, 5.74) is 1.26. The summed E-state index contributed by atoms with van der Waals surface area (Å²) in [4.78, 5) is 0. The minimum Gasteiger partial charge on any atom is -0.497 e. The number of halogens is 2. The van der Waals surface area contributed by atoms with E-state index in [1.54, 1.807) is 18.2 Å². The lowest BCUT2D eigenvalue weighted by Gasteiger charge is -2.09. The van der Waals surface area contributed by atoms with Crippen LogP contribution < -0.4 is 9.47 Å². The van der Waals surface area contributed by atoms with E-state index >= 15 is 0 Å². The van der Waals surface area contributed by atoms with Gasteiger partial charge in [-0.25, -0.2) is 8.78 Å². The van der Waals surface area contributed by atoms with Crippen molar-refractivity contribution in [3.63, 3.8) is 0 Å². The Morgan fingerprint density at radius 2 is 1.76 bits per heavy atom. The Morgan fingerprint density at radius 3 is 2.36 bits per heavy atom. The summed E-state index contributed by atoms with van der Waals surface area (Å²) in [5.74, 6) is -0.380. The van der Waals surface area contributed by atoms with E-state index < -0.39 is 18.2 Å². The van der Waals surface area contributed by atoms with Gasteiger partial charge in [0, 0.05) is 17.2 Å². The summed E-state index contributed by atoms with van der Waals surface area (Å²) >= 11 is 0. The Hall–Kier alpha value is -2.93. The summed E-state index contributed by atoms with van der Waals surface area (Å²) in [6.45, 7) is -0.438. The molecule has 1 heterocycles. The second kappa shape index (κ2) is 6.90. The van der Waals surface area contributed by atoms with E-state index in [1.165, 1.54) is 14.2 Å². The van der Waals surface area contributed by atoms with Crippen molar-refractivity contribution in [2.45, 2.75) is 6.61 Å². The Kier molecular flexibility index (Phi) is 4.67. The van der Waals surface area contributed by atoms with E-state index in [-0.39, 0.29) is 16.9 Å². The molecule has 7 heteroatoms. The van der Waals surface area contributed by atoms with Crippen LogP contribution in [0.1, 0.15) is 5.56 Å². The molecule has 0 bridgehead atoms. The van der Waals surface area contributed by atoms with Gasteiger partial charge >= 0.3 is 0 Å². The number of aromatic nitrogens is 1. The number of ether oxygens (including phenoxy) is 2. The normalized spacial score (nSPS) is 10.8. The van der Waals surface area contributed by atoms with Gasteiger partial charge in [-0.05, 0) is 30.3 Å². The molecule has 0 radical (unpaired) electrons. The third-order valence-corrected chi connectivity index (χ3v) is 3.73. The zero-order valence-corrected chi connectivity index (χ0v) is 13.5. The maximum absolute atomic E-state index is 13.5. The minimum absolute atomic E-state index is 0.0840. The van der Waals surface area contributed by atoms with Crippen LogP contribution in [-0.4, -0.2) is 24.5 Å². The molecule has 130 valence electrons. The first kappa shape index (κ1) is 16.9. The maximum Gasteiger partial charge on any atom is 0.173 e. The Morgan fingerprint density at radius 1 is 1.04 bits per heavy atom. The Balaban J connectivity index is 2.18. The molecule has 0 aliphatic rings. The molecule has 3 aromatic rings. The van der Waals surface area contributed by atoms with Gasteiger partial charge in [0.25, 0.3) is 0 Å². The number of aliphatic hydroxyl groups is 1. The van der Waals surface area contributed by atoms with Crippen LogP contribution in [0.25, 0.3) is 22.6 Å². The molecular weight excluding hydrogens is 332 g/mol. The number of hydrogen-bond acceptors (Lipinski definition) is 5. The lowest BCUT2D eigenvalue weighted by atomic mass is 10.0. The standard InChI is InChI=1S/C18H15F2NO4/c1-23-13-3-4-16(24-2)14(8-13)17-15(9-22)18(25-21-17)10-5-11(19)7-12(20)6-10/h3-8,22H,9H2,1-2H3. The highest BCUT2D eigenvalue weighted by atomic mass is 19.1. The van der Waals surface area contributed by atoms with Crippen molar-refractivity contribution in [3.05, 3.63) is 53.6 Å². The van der Waals surface area contributed by atoms with Crippen molar-refractivity contribution in [2.24, 2.45) is 0 Å². The summed E-state index contributed by atoms with van der Waals surface area (Å²) in [6, 6.07) is 8.04. The van der Waals surface area contributed by atoms with Crippen molar-refractivity contribution < 1.29 is 27.9 Å². The quantitative estimate of drug-likeness (QED) is 0.761. The lowest BCUT2D eigenvalue weighted by molar-refractivity contribution is 0.281. The molecule has 0 aliphatic carbocycles. The van der Waals surface area contributed by atoms with Crippen molar-refractivity contribution in [2.75, 3.05) is 14.2 Å². The summed E-state index contributed by atoms with van der Waals surface area (Å²) < 4.78 is 42.8. The van der Waals surface area contributed by atoms with Gasteiger partial charge in [-0.15, -0.1) is 0 Å². The highest BCUT2D eigenvalue weighted by Crippen LogP contribution is 2.38. The molecule has 25 heavy (non-hydrogen) atoms. The molecule has 1 N–H and O–H groups in total. The van der Waals surface area contributed by atoms with Gasteiger partial charge in [-0.1, -0.05) is 5.16 Å². The molecule has 0 spiro atoms. The van der Waals surface area contributed by atoms with Crippen LogP contribution in [0, 0.1) is 11.6 Å².